The van der Waals surface area contributed by atoms with E-state index in [0.717, 1.165) is 36.6 Å². The van der Waals surface area contributed by atoms with Gasteiger partial charge >= 0.3 is 0 Å². The van der Waals surface area contributed by atoms with E-state index in [4.69, 9.17) is 5.73 Å². The van der Waals surface area contributed by atoms with Gasteiger partial charge in [-0.1, -0.05) is 19.3 Å². The highest BCUT2D eigenvalue weighted by Crippen LogP contribution is 2.28. The molecule has 1 aromatic rings. The third-order valence-electron chi connectivity index (χ3n) is 5.48. The molecule has 1 aromatic heterocycles. The van der Waals surface area contributed by atoms with Crippen LogP contribution in [0.1, 0.15) is 44.9 Å². The number of anilines is 2. The highest BCUT2D eigenvalue weighted by Gasteiger charge is 2.25. The second-order valence-electron chi connectivity index (χ2n) is 7.08. The number of hydrogen-bond acceptors (Lipinski definition) is 4. The molecule has 1 saturated heterocycles. The van der Waals surface area contributed by atoms with Gasteiger partial charge in [-0.15, -0.1) is 0 Å². The van der Waals surface area contributed by atoms with Gasteiger partial charge in [-0.3, -0.25) is 0 Å². The zero-order chi connectivity index (χ0) is 15.4. The van der Waals surface area contributed by atoms with Gasteiger partial charge in [0.05, 0.1) is 5.69 Å². The first-order valence-electron chi connectivity index (χ1n) is 8.89. The summed E-state index contributed by atoms with van der Waals surface area (Å²) in [5.74, 6) is 1.80. The molecule has 1 aliphatic heterocycles. The monoisotopic (exact) mass is 302 g/mol. The lowest BCUT2D eigenvalue weighted by Crippen LogP contribution is -2.41. The van der Waals surface area contributed by atoms with E-state index in [2.05, 4.69) is 21.8 Å². The Labute approximate surface area is 134 Å². The van der Waals surface area contributed by atoms with Crippen LogP contribution in [0.25, 0.3) is 0 Å². The van der Waals surface area contributed by atoms with Crippen molar-refractivity contribution in [3.63, 3.8) is 0 Å². The van der Waals surface area contributed by atoms with Crippen molar-refractivity contribution in [3.8, 4) is 0 Å². The van der Waals surface area contributed by atoms with Crippen LogP contribution < -0.4 is 10.6 Å². The van der Waals surface area contributed by atoms with Crippen LogP contribution in [0.2, 0.25) is 0 Å². The van der Waals surface area contributed by atoms with Crippen LogP contribution in [-0.4, -0.2) is 42.6 Å². The van der Waals surface area contributed by atoms with Crippen molar-refractivity contribution in [2.24, 2.45) is 5.92 Å². The largest absolute Gasteiger partial charge is 0.396 e. The third-order valence-corrected chi connectivity index (χ3v) is 5.48. The third kappa shape index (κ3) is 3.72. The highest BCUT2D eigenvalue weighted by molar-refractivity contribution is 5.62. The molecule has 1 aliphatic carbocycles. The minimum absolute atomic E-state index is 0.806. The van der Waals surface area contributed by atoms with Crippen molar-refractivity contribution >= 4 is 11.5 Å². The van der Waals surface area contributed by atoms with Crippen molar-refractivity contribution in [2.45, 2.75) is 51.0 Å². The summed E-state index contributed by atoms with van der Waals surface area (Å²) in [7, 11) is 2.33. The first-order chi connectivity index (χ1) is 10.7. The van der Waals surface area contributed by atoms with Crippen LogP contribution >= 0.6 is 0 Å². The van der Waals surface area contributed by atoms with E-state index in [1.54, 1.807) is 0 Å². The van der Waals surface area contributed by atoms with E-state index in [9.17, 15) is 0 Å². The molecule has 1 saturated carbocycles. The quantitative estimate of drug-likeness (QED) is 0.928. The lowest BCUT2D eigenvalue weighted by atomic mass is 9.91. The average molecular weight is 302 g/mol. The maximum absolute atomic E-state index is 6.05. The van der Waals surface area contributed by atoms with Crippen molar-refractivity contribution in [2.75, 3.05) is 37.3 Å². The van der Waals surface area contributed by atoms with Gasteiger partial charge in [-0.05, 0) is 50.8 Å². The van der Waals surface area contributed by atoms with E-state index in [-0.39, 0.29) is 0 Å². The summed E-state index contributed by atoms with van der Waals surface area (Å²) in [6, 6.07) is 4.69. The maximum Gasteiger partial charge on any atom is 0.151 e. The molecule has 0 radical (unpaired) electrons. The number of nitrogen functional groups attached to an aromatic ring is 1. The van der Waals surface area contributed by atoms with Crippen molar-refractivity contribution < 1.29 is 0 Å². The minimum Gasteiger partial charge on any atom is -0.396 e. The molecule has 2 fully saturated rings. The fourth-order valence-electron chi connectivity index (χ4n) is 4.08. The summed E-state index contributed by atoms with van der Waals surface area (Å²) >= 11 is 0. The Balaban J connectivity index is 1.48. The number of aromatic nitrogens is 1. The van der Waals surface area contributed by atoms with E-state index in [0.29, 0.717) is 0 Å². The van der Waals surface area contributed by atoms with Crippen LogP contribution in [0.15, 0.2) is 18.3 Å². The molecule has 22 heavy (non-hydrogen) atoms. The molecular weight excluding hydrogens is 272 g/mol. The second kappa shape index (κ2) is 7.32. The molecule has 0 spiro atoms. The molecular formula is C18H30N4. The molecule has 2 N–H and O–H groups in total. The fraction of sp³-hybridized carbons (Fsp3) is 0.722. The van der Waals surface area contributed by atoms with Gasteiger partial charge in [0.25, 0.3) is 0 Å². The normalized spacial score (nSPS) is 21.5. The molecule has 2 aliphatic rings. The molecule has 4 nitrogen and oxygen atoms in total. The highest BCUT2D eigenvalue weighted by atomic mass is 15.2. The molecule has 3 rings (SSSR count). The molecule has 0 bridgehead atoms. The number of pyridine rings is 1. The Morgan fingerprint density at radius 2 is 1.91 bits per heavy atom. The van der Waals surface area contributed by atoms with Crippen LogP contribution in [0.5, 0.6) is 0 Å². The standard InChI is InChI=1S/C18H30N4/c1-21(16-6-3-2-4-7-16)14-15-9-12-22(13-10-15)18-17(19)8-5-11-20-18/h5,8,11,15-16H,2-4,6-7,9-10,12-14,19H2,1H3. The van der Waals surface area contributed by atoms with Gasteiger partial charge in [0.2, 0.25) is 0 Å². The summed E-state index contributed by atoms with van der Waals surface area (Å²) in [6.07, 6.45) is 11.4. The first-order valence-corrected chi connectivity index (χ1v) is 8.89. The molecule has 0 atom stereocenters. The predicted octanol–water partition coefficient (Wildman–Crippen LogP) is 3.14. The predicted molar refractivity (Wildman–Crippen MR) is 93.1 cm³/mol. The number of nitrogens with two attached hydrogens (primary N) is 1. The van der Waals surface area contributed by atoms with Crippen LogP contribution in [0.3, 0.4) is 0 Å². The number of nitrogens with zero attached hydrogens (tertiary/aromatic N) is 3. The van der Waals surface area contributed by atoms with E-state index in [1.807, 2.05) is 18.3 Å². The molecule has 4 heteroatoms. The summed E-state index contributed by atoms with van der Waals surface area (Å²) in [5.41, 5.74) is 6.86. The number of rotatable bonds is 4. The lowest BCUT2D eigenvalue weighted by molar-refractivity contribution is 0.156. The zero-order valence-electron chi connectivity index (χ0n) is 13.9. The van der Waals surface area contributed by atoms with E-state index < -0.39 is 0 Å². The number of piperidine rings is 1. The van der Waals surface area contributed by atoms with Crippen LogP contribution in [0.4, 0.5) is 11.5 Å². The van der Waals surface area contributed by atoms with Crippen molar-refractivity contribution in [3.05, 3.63) is 18.3 Å². The van der Waals surface area contributed by atoms with Crippen molar-refractivity contribution in [1.82, 2.24) is 9.88 Å². The first kappa shape index (κ1) is 15.6. The zero-order valence-corrected chi connectivity index (χ0v) is 13.9. The minimum atomic E-state index is 0.806. The maximum atomic E-state index is 6.05. The Bertz CT molecular complexity index is 462. The molecule has 0 aromatic carbocycles. The smallest absolute Gasteiger partial charge is 0.151 e. The Morgan fingerprint density at radius 3 is 2.59 bits per heavy atom. The van der Waals surface area contributed by atoms with Gasteiger partial charge < -0.3 is 15.5 Å². The Morgan fingerprint density at radius 1 is 1.18 bits per heavy atom. The SMILES string of the molecule is CN(CC1CCN(c2ncccc2N)CC1)C1CCCCC1. The average Bonchev–Trinajstić information content (AvgIpc) is 2.57. The van der Waals surface area contributed by atoms with Gasteiger partial charge in [-0.25, -0.2) is 4.98 Å². The summed E-state index contributed by atoms with van der Waals surface area (Å²) in [6.45, 7) is 3.44. The lowest BCUT2D eigenvalue weighted by Gasteiger charge is -2.38. The van der Waals surface area contributed by atoms with Gasteiger partial charge in [0.1, 0.15) is 0 Å². The molecule has 2 heterocycles. The molecule has 0 unspecified atom stereocenters. The van der Waals surface area contributed by atoms with Gasteiger partial charge in [0, 0.05) is 31.9 Å². The van der Waals surface area contributed by atoms with Gasteiger partial charge in [-0.2, -0.15) is 0 Å². The Kier molecular flexibility index (Phi) is 5.19. The van der Waals surface area contributed by atoms with Crippen LogP contribution in [0, 0.1) is 5.92 Å². The van der Waals surface area contributed by atoms with E-state index in [1.165, 1.54) is 51.5 Å². The van der Waals surface area contributed by atoms with Gasteiger partial charge in [0.15, 0.2) is 5.82 Å². The second-order valence-corrected chi connectivity index (χ2v) is 7.08. The molecule has 0 amide bonds. The van der Waals surface area contributed by atoms with E-state index >= 15 is 0 Å². The topological polar surface area (TPSA) is 45.4 Å². The fourth-order valence-corrected chi connectivity index (χ4v) is 4.08. The summed E-state index contributed by atoms with van der Waals surface area (Å²) in [5, 5.41) is 0. The summed E-state index contributed by atoms with van der Waals surface area (Å²) in [4.78, 5) is 9.44. The van der Waals surface area contributed by atoms with Crippen molar-refractivity contribution in [1.29, 1.82) is 0 Å². The molecule has 122 valence electrons. The number of hydrogen-bond donors (Lipinski definition) is 1. The van der Waals surface area contributed by atoms with Crippen LogP contribution in [-0.2, 0) is 0 Å². The summed E-state index contributed by atoms with van der Waals surface area (Å²) < 4.78 is 0. The Hall–Kier alpha value is -1.29.